The molecule has 0 radical (unpaired) electrons. The average Bonchev–Trinajstić information content (AvgIpc) is 2.16. The fourth-order valence-electron chi connectivity index (χ4n) is 1.79. The van der Waals surface area contributed by atoms with Crippen LogP contribution in [0.15, 0.2) is 6.07 Å². The van der Waals surface area contributed by atoms with E-state index >= 15 is 0 Å². The van der Waals surface area contributed by atoms with E-state index in [4.69, 9.17) is 11.6 Å². The highest BCUT2D eigenvalue weighted by molar-refractivity contribution is 6.29. The molecule has 0 bridgehead atoms. The van der Waals surface area contributed by atoms with Gasteiger partial charge in [-0.05, 0) is 25.8 Å². The highest BCUT2D eigenvalue weighted by Crippen LogP contribution is 2.18. The van der Waals surface area contributed by atoms with Gasteiger partial charge in [0.15, 0.2) is 0 Å². The molecule has 0 saturated carbocycles. The second-order valence-electron chi connectivity index (χ2n) is 3.87. The van der Waals surface area contributed by atoms with E-state index in [1.807, 2.05) is 11.8 Å². The van der Waals surface area contributed by atoms with Crippen LogP contribution in [0.3, 0.4) is 0 Å². The second kappa shape index (κ2) is 4.33. The van der Waals surface area contributed by atoms with Gasteiger partial charge >= 0.3 is 0 Å². The maximum Gasteiger partial charge on any atom is 0.227 e. The lowest BCUT2D eigenvalue weighted by molar-refractivity contribution is 0.153. The van der Waals surface area contributed by atoms with E-state index in [1.54, 1.807) is 6.07 Å². The van der Waals surface area contributed by atoms with Gasteiger partial charge < -0.3 is 10.0 Å². The van der Waals surface area contributed by atoms with Gasteiger partial charge in [-0.25, -0.2) is 9.97 Å². The molecule has 15 heavy (non-hydrogen) atoms. The van der Waals surface area contributed by atoms with Gasteiger partial charge in [0.05, 0.1) is 6.10 Å². The Balaban J connectivity index is 2.20. The quantitative estimate of drug-likeness (QED) is 0.737. The van der Waals surface area contributed by atoms with E-state index in [1.165, 1.54) is 0 Å². The number of piperidine rings is 1. The lowest BCUT2D eigenvalue weighted by Gasteiger charge is -2.30. The molecule has 1 atom stereocenters. The lowest BCUT2D eigenvalue weighted by Crippen LogP contribution is -2.39. The van der Waals surface area contributed by atoms with Gasteiger partial charge in [-0.15, -0.1) is 0 Å². The van der Waals surface area contributed by atoms with Crippen molar-refractivity contribution in [3.63, 3.8) is 0 Å². The van der Waals surface area contributed by atoms with Gasteiger partial charge in [-0.3, -0.25) is 0 Å². The topological polar surface area (TPSA) is 49.2 Å². The standard InChI is InChI=1S/C10H14ClN3O/c1-7-5-9(11)13-10(12-7)14-4-2-3-8(15)6-14/h5,8,15H,2-4,6H2,1H3/t8-/m0/s1. The molecule has 82 valence electrons. The molecule has 5 heteroatoms. The van der Waals surface area contributed by atoms with Gasteiger partial charge in [0, 0.05) is 18.8 Å². The van der Waals surface area contributed by atoms with E-state index in [2.05, 4.69) is 9.97 Å². The zero-order chi connectivity index (χ0) is 10.8. The highest BCUT2D eigenvalue weighted by atomic mass is 35.5. The number of hydrogen-bond donors (Lipinski definition) is 1. The fraction of sp³-hybridized carbons (Fsp3) is 0.600. The van der Waals surface area contributed by atoms with Crippen molar-refractivity contribution in [1.82, 2.24) is 9.97 Å². The number of β-amino-alcohol motifs (C(OH)–C–C–N with tert-alkyl or cyclic N) is 1. The number of rotatable bonds is 1. The van der Waals surface area contributed by atoms with Gasteiger partial charge in [0.2, 0.25) is 5.95 Å². The number of nitrogens with zero attached hydrogens (tertiary/aromatic N) is 3. The van der Waals surface area contributed by atoms with Crippen molar-refractivity contribution < 1.29 is 5.11 Å². The van der Waals surface area contributed by atoms with Crippen molar-refractivity contribution in [3.05, 3.63) is 16.9 Å². The molecule has 2 heterocycles. The van der Waals surface area contributed by atoms with E-state index in [0.29, 0.717) is 17.6 Å². The third-order valence-corrected chi connectivity index (χ3v) is 2.68. The van der Waals surface area contributed by atoms with Gasteiger partial charge in [-0.2, -0.15) is 0 Å². The highest BCUT2D eigenvalue weighted by Gasteiger charge is 2.20. The largest absolute Gasteiger partial charge is 0.391 e. The molecule has 1 aromatic rings. The van der Waals surface area contributed by atoms with Crippen LogP contribution < -0.4 is 4.90 Å². The number of hydrogen-bond acceptors (Lipinski definition) is 4. The first-order valence-electron chi connectivity index (χ1n) is 5.09. The van der Waals surface area contributed by atoms with Crippen molar-refractivity contribution in [2.45, 2.75) is 25.9 Å². The Morgan fingerprint density at radius 3 is 3.00 bits per heavy atom. The Hall–Kier alpha value is -0.870. The SMILES string of the molecule is Cc1cc(Cl)nc(N2CCC[C@H](O)C2)n1. The van der Waals surface area contributed by atoms with E-state index in [0.717, 1.165) is 25.1 Å². The van der Waals surface area contributed by atoms with Crippen LogP contribution in [0, 0.1) is 6.92 Å². The normalized spacial score (nSPS) is 21.8. The molecular formula is C10H14ClN3O. The Kier molecular flexibility index (Phi) is 3.07. The van der Waals surface area contributed by atoms with E-state index in [-0.39, 0.29) is 6.10 Å². The molecule has 0 amide bonds. The van der Waals surface area contributed by atoms with Gasteiger partial charge in [-0.1, -0.05) is 11.6 Å². The lowest BCUT2D eigenvalue weighted by atomic mass is 10.1. The Morgan fingerprint density at radius 2 is 2.33 bits per heavy atom. The molecule has 1 aromatic heterocycles. The summed E-state index contributed by atoms with van der Waals surface area (Å²) < 4.78 is 0. The number of anilines is 1. The molecule has 1 saturated heterocycles. The van der Waals surface area contributed by atoms with Gasteiger partial charge in [0.25, 0.3) is 0 Å². The molecule has 1 N–H and O–H groups in total. The summed E-state index contributed by atoms with van der Waals surface area (Å²) in [6.45, 7) is 3.37. The zero-order valence-electron chi connectivity index (χ0n) is 8.65. The first-order chi connectivity index (χ1) is 7.15. The average molecular weight is 228 g/mol. The van der Waals surface area contributed by atoms with Crippen molar-refractivity contribution >= 4 is 17.5 Å². The minimum atomic E-state index is -0.276. The molecule has 1 aliphatic rings. The van der Waals surface area contributed by atoms with Crippen molar-refractivity contribution in [2.75, 3.05) is 18.0 Å². The first-order valence-corrected chi connectivity index (χ1v) is 5.47. The Morgan fingerprint density at radius 1 is 1.53 bits per heavy atom. The summed E-state index contributed by atoms with van der Waals surface area (Å²) in [5, 5.41) is 10.0. The van der Waals surface area contributed by atoms with Crippen LogP contribution in [0.1, 0.15) is 18.5 Å². The van der Waals surface area contributed by atoms with Crippen LogP contribution in [0.25, 0.3) is 0 Å². The fourth-order valence-corrected chi connectivity index (χ4v) is 2.03. The first kappa shape index (κ1) is 10.6. The molecule has 2 rings (SSSR count). The summed E-state index contributed by atoms with van der Waals surface area (Å²) in [5.41, 5.74) is 0.852. The summed E-state index contributed by atoms with van der Waals surface area (Å²) >= 11 is 5.87. The van der Waals surface area contributed by atoms with Crippen molar-refractivity contribution in [1.29, 1.82) is 0 Å². The Bertz CT molecular complexity index is 338. The number of aliphatic hydroxyl groups is 1. The predicted octanol–water partition coefficient (Wildman–Crippen LogP) is 1.40. The third kappa shape index (κ3) is 2.58. The van der Waals surface area contributed by atoms with Crippen molar-refractivity contribution in [3.8, 4) is 0 Å². The van der Waals surface area contributed by atoms with Crippen LogP contribution in [0.4, 0.5) is 5.95 Å². The summed E-state index contributed by atoms with van der Waals surface area (Å²) in [6.07, 6.45) is 1.55. The summed E-state index contributed by atoms with van der Waals surface area (Å²) in [5.74, 6) is 0.624. The Labute approximate surface area is 93.9 Å². The summed E-state index contributed by atoms with van der Waals surface area (Å²) in [4.78, 5) is 10.5. The molecule has 0 unspecified atom stereocenters. The van der Waals surface area contributed by atoms with Crippen LogP contribution in [-0.2, 0) is 0 Å². The van der Waals surface area contributed by atoms with Crippen LogP contribution in [0.2, 0.25) is 5.15 Å². The summed E-state index contributed by atoms with van der Waals surface area (Å²) in [6, 6.07) is 1.73. The maximum atomic E-state index is 9.55. The summed E-state index contributed by atoms with van der Waals surface area (Å²) in [7, 11) is 0. The van der Waals surface area contributed by atoms with E-state index < -0.39 is 0 Å². The smallest absolute Gasteiger partial charge is 0.227 e. The minimum absolute atomic E-state index is 0.276. The van der Waals surface area contributed by atoms with Crippen LogP contribution in [0.5, 0.6) is 0 Å². The molecular weight excluding hydrogens is 214 g/mol. The maximum absolute atomic E-state index is 9.55. The molecule has 0 spiro atoms. The third-order valence-electron chi connectivity index (χ3n) is 2.49. The molecule has 0 aliphatic carbocycles. The molecule has 1 aliphatic heterocycles. The predicted molar refractivity (Wildman–Crippen MR) is 59.2 cm³/mol. The van der Waals surface area contributed by atoms with E-state index in [9.17, 15) is 5.11 Å². The number of aliphatic hydroxyl groups excluding tert-OH is 1. The molecule has 1 fully saturated rings. The molecule has 4 nitrogen and oxygen atoms in total. The van der Waals surface area contributed by atoms with Gasteiger partial charge in [0.1, 0.15) is 5.15 Å². The number of aryl methyl sites for hydroxylation is 1. The van der Waals surface area contributed by atoms with Crippen LogP contribution >= 0.6 is 11.6 Å². The number of aromatic nitrogens is 2. The van der Waals surface area contributed by atoms with Crippen molar-refractivity contribution in [2.24, 2.45) is 0 Å². The molecule has 0 aromatic carbocycles. The monoisotopic (exact) mass is 227 g/mol. The number of halogens is 1. The minimum Gasteiger partial charge on any atom is -0.391 e. The zero-order valence-corrected chi connectivity index (χ0v) is 9.41. The second-order valence-corrected chi connectivity index (χ2v) is 4.26. The van der Waals surface area contributed by atoms with Crippen LogP contribution in [-0.4, -0.2) is 34.3 Å².